The van der Waals surface area contributed by atoms with Crippen molar-refractivity contribution in [2.45, 2.75) is 39.2 Å². The Morgan fingerprint density at radius 3 is 2.67 bits per heavy atom. The minimum absolute atomic E-state index is 0.263. The standard InChI is InChI=1S/C13H21N3OS/c1-9-10(2)18-13(15-9)7-12(17)8-16-5-3-11(14)4-6-16/h11H,3-8,14H2,1-2H3. The van der Waals surface area contributed by atoms with E-state index in [1.807, 2.05) is 13.8 Å². The van der Waals surface area contributed by atoms with Crippen LogP contribution in [0, 0.1) is 13.8 Å². The molecule has 0 radical (unpaired) electrons. The van der Waals surface area contributed by atoms with Gasteiger partial charge in [0, 0.05) is 24.0 Å². The summed E-state index contributed by atoms with van der Waals surface area (Å²) in [6.07, 6.45) is 2.48. The monoisotopic (exact) mass is 267 g/mol. The van der Waals surface area contributed by atoms with E-state index in [0.717, 1.165) is 36.6 Å². The molecule has 0 spiro atoms. The molecule has 0 aliphatic carbocycles. The average Bonchev–Trinajstić information content (AvgIpc) is 2.61. The van der Waals surface area contributed by atoms with Gasteiger partial charge in [-0.2, -0.15) is 0 Å². The van der Waals surface area contributed by atoms with Gasteiger partial charge < -0.3 is 5.73 Å². The number of ketones is 1. The second-order valence-electron chi connectivity index (χ2n) is 5.08. The molecule has 4 nitrogen and oxygen atoms in total. The van der Waals surface area contributed by atoms with Gasteiger partial charge in [0.15, 0.2) is 5.78 Å². The number of carbonyl (C=O) groups excluding carboxylic acids is 1. The smallest absolute Gasteiger partial charge is 0.153 e. The first kappa shape index (κ1) is 13.6. The van der Waals surface area contributed by atoms with Crippen LogP contribution in [0.15, 0.2) is 0 Å². The molecule has 1 aliphatic heterocycles. The molecule has 0 bridgehead atoms. The summed E-state index contributed by atoms with van der Waals surface area (Å²) >= 11 is 1.63. The van der Waals surface area contributed by atoms with Crippen molar-refractivity contribution in [2.75, 3.05) is 19.6 Å². The van der Waals surface area contributed by atoms with Gasteiger partial charge in [0.05, 0.1) is 18.7 Å². The van der Waals surface area contributed by atoms with Crippen molar-refractivity contribution >= 4 is 17.1 Å². The third kappa shape index (κ3) is 3.60. The summed E-state index contributed by atoms with van der Waals surface area (Å²) < 4.78 is 0. The van der Waals surface area contributed by atoms with Crippen molar-refractivity contribution in [3.63, 3.8) is 0 Å². The fourth-order valence-corrected chi connectivity index (χ4v) is 3.16. The Labute approximate surface area is 112 Å². The molecule has 0 aromatic carbocycles. The second kappa shape index (κ2) is 5.91. The highest BCUT2D eigenvalue weighted by molar-refractivity contribution is 7.11. The molecule has 2 rings (SSSR count). The van der Waals surface area contributed by atoms with E-state index < -0.39 is 0 Å². The fraction of sp³-hybridized carbons (Fsp3) is 0.692. The van der Waals surface area contributed by atoms with Crippen molar-refractivity contribution in [1.29, 1.82) is 0 Å². The van der Waals surface area contributed by atoms with E-state index >= 15 is 0 Å². The highest BCUT2D eigenvalue weighted by atomic mass is 32.1. The molecule has 0 amide bonds. The fourth-order valence-electron chi connectivity index (χ4n) is 2.20. The molecule has 0 saturated carbocycles. The predicted octanol–water partition coefficient (Wildman–Crippen LogP) is 1.29. The van der Waals surface area contributed by atoms with Crippen LogP contribution in [0.25, 0.3) is 0 Å². The Morgan fingerprint density at radius 1 is 1.44 bits per heavy atom. The first-order chi connectivity index (χ1) is 8.54. The van der Waals surface area contributed by atoms with E-state index in [9.17, 15) is 4.79 Å². The molecule has 1 fully saturated rings. The van der Waals surface area contributed by atoms with E-state index in [0.29, 0.717) is 19.0 Å². The summed E-state index contributed by atoms with van der Waals surface area (Å²) in [4.78, 5) is 19.8. The molecule has 0 unspecified atom stereocenters. The quantitative estimate of drug-likeness (QED) is 0.893. The zero-order valence-electron chi connectivity index (χ0n) is 11.1. The van der Waals surface area contributed by atoms with E-state index in [-0.39, 0.29) is 5.78 Å². The van der Waals surface area contributed by atoms with Gasteiger partial charge in [-0.05, 0) is 26.7 Å². The number of likely N-dealkylation sites (tertiary alicyclic amines) is 1. The number of Topliss-reactive ketones (excluding diaryl/α,β-unsaturated/α-hetero) is 1. The number of thiazole rings is 1. The van der Waals surface area contributed by atoms with E-state index in [1.54, 1.807) is 11.3 Å². The third-order valence-electron chi connectivity index (χ3n) is 3.45. The highest BCUT2D eigenvalue weighted by Gasteiger charge is 2.19. The summed E-state index contributed by atoms with van der Waals surface area (Å²) in [5, 5.41) is 0.948. The number of hydrogen-bond acceptors (Lipinski definition) is 5. The summed E-state index contributed by atoms with van der Waals surface area (Å²) in [5.74, 6) is 0.263. The maximum Gasteiger partial charge on any atom is 0.153 e. The number of nitrogens with two attached hydrogens (primary N) is 1. The zero-order valence-corrected chi connectivity index (χ0v) is 11.9. The Balaban J connectivity index is 1.81. The van der Waals surface area contributed by atoms with Crippen LogP contribution in [0.3, 0.4) is 0 Å². The normalized spacial score (nSPS) is 18.2. The van der Waals surface area contributed by atoms with E-state index in [4.69, 9.17) is 5.73 Å². The number of hydrogen-bond donors (Lipinski definition) is 1. The highest BCUT2D eigenvalue weighted by Crippen LogP contribution is 2.17. The summed E-state index contributed by atoms with van der Waals surface area (Å²) in [5.41, 5.74) is 6.90. The maximum absolute atomic E-state index is 12.0. The molecule has 2 heterocycles. The number of piperidine rings is 1. The van der Waals surface area contributed by atoms with Crippen LogP contribution < -0.4 is 5.73 Å². The molecule has 1 aliphatic rings. The Hall–Kier alpha value is -0.780. The van der Waals surface area contributed by atoms with E-state index in [1.165, 1.54) is 4.88 Å². The lowest BCUT2D eigenvalue weighted by molar-refractivity contribution is -0.119. The first-order valence-electron chi connectivity index (χ1n) is 6.47. The molecule has 1 aromatic rings. The average molecular weight is 267 g/mol. The SMILES string of the molecule is Cc1nc(CC(=O)CN2CCC(N)CC2)sc1C. The van der Waals surface area contributed by atoms with Gasteiger partial charge in [-0.25, -0.2) is 4.98 Å². The summed E-state index contributed by atoms with van der Waals surface area (Å²) in [6.45, 7) is 6.48. The number of aryl methyl sites for hydroxylation is 2. The number of nitrogens with zero attached hydrogens (tertiary/aromatic N) is 2. The van der Waals surface area contributed by atoms with Crippen molar-refractivity contribution < 1.29 is 4.79 Å². The Morgan fingerprint density at radius 2 is 2.11 bits per heavy atom. The lowest BCUT2D eigenvalue weighted by Crippen LogP contribution is -2.42. The van der Waals surface area contributed by atoms with Gasteiger partial charge in [0.2, 0.25) is 0 Å². The molecule has 100 valence electrons. The van der Waals surface area contributed by atoms with Gasteiger partial charge in [-0.1, -0.05) is 0 Å². The minimum Gasteiger partial charge on any atom is -0.328 e. The Bertz CT molecular complexity index is 402. The zero-order chi connectivity index (χ0) is 13.1. The first-order valence-corrected chi connectivity index (χ1v) is 7.29. The van der Waals surface area contributed by atoms with Crippen LogP contribution in [0.2, 0.25) is 0 Å². The molecule has 2 N–H and O–H groups in total. The van der Waals surface area contributed by atoms with Crippen LogP contribution in [-0.4, -0.2) is 41.3 Å². The molecule has 0 atom stereocenters. The van der Waals surface area contributed by atoms with Crippen molar-refractivity contribution in [3.05, 3.63) is 15.6 Å². The molecular formula is C13H21N3OS. The largest absolute Gasteiger partial charge is 0.328 e. The van der Waals surface area contributed by atoms with Gasteiger partial charge >= 0.3 is 0 Å². The molecule has 5 heteroatoms. The van der Waals surface area contributed by atoms with Gasteiger partial charge in [-0.15, -0.1) is 11.3 Å². The lowest BCUT2D eigenvalue weighted by atomic mass is 10.1. The second-order valence-corrected chi connectivity index (χ2v) is 6.37. The predicted molar refractivity (Wildman–Crippen MR) is 73.9 cm³/mol. The molecule has 1 saturated heterocycles. The van der Waals surface area contributed by atoms with Crippen LogP contribution in [0.4, 0.5) is 0 Å². The van der Waals surface area contributed by atoms with Gasteiger partial charge in [0.25, 0.3) is 0 Å². The number of aromatic nitrogens is 1. The molecule has 1 aromatic heterocycles. The lowest BCUT2D eigenvalue weighted by Gasteiger charge is -2.29. The third-order valence-corrected chi connectivity index (χ3v) is 4.53. The summed E-state index contributed by atoms with van der Waals surface area (Å²) in [7, 11) is 0. The van der Waals surface area contributed by atoms with Crippen LogP contribution in [0.5, 0.6) is 0 Å². The Kier molecular flexibility index (Phi) is 4.48. The maximum atomic E-state index is 12.0. The van der Waals surface area contributed by atoms with Gasteiger partial charge in [0.1, 0.15) is 5.01 Å². The van der Waals surface area contributed by atoms with Crippen LogP contribution >= 0.6 is 11.3 Å². The molecular weight excluding hydrogens is 246 g/mol. The van der Waals surface area contributed by atoms with Crippen LogP contribution in [-0.2, 0) is 11.2 Å². The minimum atomic E-state index is 0.263. The number of rotatable bonds is 4. The van der Waals surface area contributed by atoms with Crippen molar-refractivity contribution in [2.24, 2.45) is 5.73 Å². The van der Waals surface area contributed by atoms with Crippen LogP contribution in [0.1, 0.15) is 28.4 Å². The van der Waals surface area contributed by atoms with Crippen molar-refractivity contribution in [1.82, 2.24) is 9.88 Å². The van der Waals surface area contributed by atoms with E-state index in [2.05, 4.69) is 9.88 Å². The van der Waals surface area contributed by atoms with Gasteiger partial charge in [-0.3, -0.25) is 9.69 Å². The number of carbonyl (C=O) groups is 1. The summed E-state index contributed by atoms with van der Waals surface area (Å²) in [6, 6.07) is 0.320. The topological polar surface area (TPSA) is 59.2 Å². The molecule has 18 heavy (non-hydrogen) atoms. The van der Waals surface area contributed by atoms with Crippen molar-refractivity contribution in [3.8, 4) is 0 Å².